The van der Waals surface area contributed by atoms with Crippen LogP contribution < -0.4 is 4.74 Å². The lowest BCUT2D eigenvalue weighted by Crippen LogP contribution is -2.31. The lowest BCUT2D eigenvalue weighted by molar-refractivity contribution is 0.232. The van der Waals surface area contributed by atoms with Crippen LogP contribution in [0.1, 0.15) is 24.8 Å². The predicted octanol–water partition coefficient (Wildman–Crippen LogP) is 4.87. The third-order valence-corrected chi connectivity index (χ3v) is 5.30. The molecule has 3 aromatic rings. The van der Waals surface area contributed by atoms with Crippen LogP contribution in [0.5, 0.6) is 5.75 Å². The molecule has 3 nitrogen and oxygen atoms in total. The van der Waals surface area contributed by atoms with Crippen LogP contribution in [0.4, 0.5) is 0 Å². The van der Waals surface area contributed by atoms with Gasteiger partial charge in [0, 0.05) is 28.7 Å². The molecule has 1 aliphatic heterocycles. The fourth-order valence-electron chi connectivity index (χ4n) is 3.94. The van der Waals surface area contributed by atoms with E-state index >= 15 is 0 Å². The number of ether oxygens (including phenoxy) is 1. The van der Waals surface area contributed by atoms with E-state index in [0.29, 0.717) is 0 Å². The molecule has 0 atom stereocenters. The van der Waals surface area contributed by atoms with Gasteiger partial charge in [0.05, 0.1) is 7.11 Å². The van der Waals surface area contributed by atoms with Crippen LogP contribution in [0.15, 0.2) is 48.5 Å². The summed E-state index contributed by atoms with van der Waals surface area (Å²) in [6, 6.07) is 17.0. The monoisotopic (exact) mass is 334 g/mol. The fourth-order valence-corrected chi connectivity index (χ4v) is 3.94. The highest BCUT2D eigenvalue weighted by atomic mass is 16.5. The van der Waals surface area contributed by atoms with Crippen molar-refractivity contribution in [2.75, 3.05) is 26.7 Å². The lowest BCUT2D eigenvalue weighted by Gasteiger charge is -2.26. The van der Waals surface area contributed by atoms with Crippen molar-refractivity contribution in [3.05, 3.63) is 54.1 Å². The molecule has 25 heavy (non-hydrogen) atoms. The van der Waals surface area contributed by atoms with E-state index in [4.69, 9.17) is 4.74 Å². The van der Waals surface area contributed by atoms with Crippen molar-refractivity contribution in [2.45, 2.75) is 25.7 Å². The zero-order valence-corrected chi connectivity index (χ0v) is 14.9. The molecule has 1 fully saturated rings. The van der Waals surface area contributed by atoms with Crippen LogP contribution in [0.25, 0.3) is 22.2 Å². The Morgan fingerprint density at radius 2 is 1.84 bits per heavy atom. The second kappa shape index (κ2) is 7.32. The molecule has 0 amide bonds. The average Bonchev–Trinajstić information content (AvgIpc) is 3.06. The number of rotatable bonds is 5. The molecule has 130 valence electrons. The molecule has 0 spiro atoms. The Morgan fingerprint density at radius 3 is 2.68 bits per heavy atom. The number of nitrogens with one attached hydrogen (secondary N) is 1. The first kappa shape index (κ1) is 16.2. The first-order valence-electron chi connectivity index (χ1n) is 9.31. The van der Waals surface area contributed by atoms with Crippen molar-refractivity contribution in [3.8, 4) is 17.0 Å². The Balaban J connectivity index is 1.69. The number of hydrogen-bond acceptors (Lipinski definition) is 2. The van der Waals surface area contributed by atoms with E-state index in [9.17, 15) is 0 Å². The van der Waals surface area contributed by atoms with Crippen molar-refractivity contribution < 1.29 is 4.74 Å². The summed E-state index contributed by atoms with van der Waals surface area (Å²) in [4.78, 5) is 6.26. The highest BCUT2D eigenvalue weighted by molar-refractivity contribution is 5.91. The summed E-state index contributed by atoms with van der Waals surface area (Å²) in [7, 11) is 1.72. The Labute approximate surface area is 149 Å². The molecule has 0 aliphatic carbocycles. The number of aromatic amines is 1. The zero-order chi connectivity index (χ0) is 17.1. The average molecular weight is 334 g/mol. The maximum absolute atomic E-state index is 5.42. The number of nitrogens with zero attached hydrogens (tertiary/aromatic N) is 1. The number of benzene rings is 2. The van der Waals surface area contributed by atoms with E-state index in [1.54, 1.807) is 7.11 Å². The molecule has 3 heteroatoms. The van der Waals surface area contributed by atoms with Crippen LogP contribution in [-0.4, -0.2) is 36.6 Å². The van der Waals surface area contributed by atoms with E-state index in [-0.39, 0.29) is 0 Å². The van der Waals surface area contributed by atoms with Gasteiger partial charge in [-0.05, 0) is 56.1 Å². The molecule has 2 heterocycles. The molecule has 1 saturated heterocycles. The van der Waals surface area contributed by atoms with Gasteiger partial charge in [-0.2, -0.15) is 0 Å². The molecule has 1 aliphatic rings. The van der Waals surface area contributed by atoms with Crippen molar-refractivity contribution in [1.82, 2.24) is 9.88 Å². The van der Waals surface area contributed by atoms with Gasteiger partial charge in [-0.15, -0.1) is 0 Å². The quantitative estimate of drug-likeness (QED) is 0.721. The summed E-state index contributed by atoms with van der Waals surface area (Å²) in [5, 5.41) is 1.34. The van der Waals surface area contributed by atoms with E-state index in [1.165, 1.54) is 60.1 Å². The van der Waals surface area contributed by atoms with Gasteiger partial charge in [0.1, 0.15) is 5.75 Å². The van der Waals surface area contributed by atoms with Gasteiger partial charge in [0.25, 0.3) is 0 Å². The highest BCUT2D eigenvalue weighted by Gasteiger charge is 2.16. The van der Waals surface area contributed by atoms with Crippen LogP contribution in [0, 0.1) is 0 Å². The minimum atomic E-state index is 0.901. The normalized spacial score (nSPS) is 15.6. The minimum absolute atomic E-state index is 0.901. The fraction of sp³-hybridized carbons (Fsp3) is 0.364. The lowest BCUT2D eigenvalue weighted by atomic mass is 10.0. The smallest absolute Gasteiger partial charge is 0.119 e. The zero-order valence-electron chi connectivity index (χ0n) is 14.9. The second-order valence-corrected chi connectivity index (χ2v) is 6.91. The summed E-state index contributed by atoms with van der Waals surface area (Å²) in [5.74, 6) is 0.901. The SMILES string of the molecule is COc1cccc(-c2[nH]c3ccccc3c2CCN2CCCCC2)c1. The van der Waals surface area contributed by atoms with E-state index < -0.39 is 0 Å². The Hall–Kier alpha value is -2.26. The molecular formula is C22H26N2O. The van der Waals surface area contributed by atoms with E-state index in [1.807, 2.05) is 6.07 Å². The van der Waals surface area contributed by atoms with Crippen LogP contribution >= 0.6 is 0 Å². The van der Waals surface area contributed by atoms with Gasteiger partial charge in [-0.1, -0.05) is 36.8 Å². The number of aromatic nitrogens is 1. The number of H-pyrrole nitrogens is 1. The molecule has 1 N–H and O–H groups in total. The maximum atomic E-state index is 5.42. The van der Waals surface area contributed by atoms with Gasteiger partial charge in [0.2, 0.25) is 0 Å². The van der Waals surface area contributed by atoms with Gasteiger partial charge in [-0.25, -0.2) is 0 Å². The Morgan fingerprint density at radius 1 is 1.00 bits per heavy atom. The topological polar surface area (TPSA) is 28.3 Å². The second-order valence-electron chi connectivity index (χ2n) is 6.91. The maximum Gasteiger partial charge on any atom is 0.119 e. The molecule has 0 bridgehead atoms. The molecule has 0 radical (unpaired) electrons. The van der Waals surface area contributed by atoms with Crippen molar-refractivity contribution in [3.63, 3.8) is 0 Å². The van der Waals surface area contributed by atoms with Crippen LogP contribution in [-0.2, 0) is 6.42 Å². The Kier molecular flexibility index (Phi) is 4.75. The highest BCUT2D eigenvalue weighted by Crippen LogP contribution is 2.32. The van der Waals surface area contributed by atoms with Gasteiger partial charge in [0.15, 0.2) is 0 Å². The van der Waals surface area contributed by atoms with Crippen LogP contribution in [0.2, 0.25) is 0 Å². The summed E-state index contributed by atoms with van der Waals surface area (Å²) in [6.45, 7) is 3.63. The van der Waals surface area contributed by atoms with Gasteiger partial charge in [-0.3, -0.25) is 0 Å². The third-order valence-electron chi connectivity index (χ3n) is 5.30. The molecule has 0 unspecified atom stereocenters. The van der Waals surface area contributed by atoms with E-state index in [0.717, 1.165) is 18.7 Å². The molecule has 1 aromatic heterocycles. The number of likely N-dealkylation sites (tertiary alicyclic amines) is 1. The summed E-state index contributed by atoms with van der Waals surface area (Å²) < 4.78 is 5.42. The number of piperidine rings is 1. The predicted molar refractivity (Wildman–Crippen MR) is 104 cm³/mol. The number of methoxy groups -OCH3 is 1. The first-order valence-corrected chi connectivity index (χ1v) is 9.31. The number of hydrogen-bond donors (Lipinski definition) is 1. The van der Waals surface area contributed by atoms with Crippen LogP contribution in [0.3, 0.4) is 0 Å². The molecular weight excluding hydrogens is 308 g/mol. The summed E-state index contributed by atoms with van der Waals surface area (Å²) in [5.41, 5.74) is 5.07. The van der Waals surface area contributed by atoms with Gasteiger partial charge >= 0.3 is 0 Å². The van der Waals surface area contributed by atoms with Crippen molar-refractivity contribution in [1.29, 1.82) is 0 Å². The van der Waals surface area contributed by atoms with E-state index in [2.05, 4.69) is 52.3 Å². The van der Waals surface area contributed by atoms with Gasteiger partial charge < -0.3 is 14.6 Å². The Bertz CT molecular complexity index is 846. The minimum Gasteiger partial charge on any atom is -0.497 e. The number of fused-ring (bicyclic) bond motifs is 1. The first-order chi connectivity index (χ1) is 12.3. The third kappa shape index (κ3) is 3.42. The summed E-state index contributed by atoms with van der Waals surface area (Å²) in [6.07, 6.45) is 5.16. The van der Waals surface area contributed by atoms with Crippen molar-refractivity contribution >= 4 is 10.9 Å². The largest absolute Gasteiger partial charge is 0.497 e. The number of para-hydroxylation sites is 1. The molecule has 4 rings (SSSR count). The molecule has 2 aromatic carbocycles. The van der Waals surface area contributed by atoms with Crippen molar-refractivity contribution in [2.24, 2.45) is 0 Å². The summed E-state index contributed by atoms with van der Waals surface area (Å²) >= 11 is 0. The standard InChI is InChI=1S/C22H26N2O/c1-25-18-9-7-8-17(16-18)22-20(12-15-24-13-5-2-6-14-24)19-10-3-4-11-21(19)23-22/h3-4,7-11,16,23H,2,5-6,12-15H2,1H3. The molecule has 0 saturated carbocycles.